The summed E-state index contributed by atoms with van der Waals surface area (Å²) >= 11 is 1.65. The van der Waals surface area contributed by atoms with Crippen LogP contribution in [0.4, 0.5) is 17.2 Å². The first kappa shape index (κ1) is 17.7. The maximum Gasteiger partial charge on any atom is 0.135 e. The number of pyridine rings is 1. The second-order valence-electron chi connectivity index (χ2n) is 6.66. The van der Waals surface area contributed by atoms with E-state index < -0.39 is 0 Å². The van der Waals surface area contributed by atoms with Crippen LogP contribution >= 0.6 is 11.3 Å². The van der Waals surface area contributed by atoms with Crippen molar-refractivity contribution in [2.24, 2.45) is 0 Å². The number of hydrogen-bond donors (Lipinski definition) is 2. The fourth-order valence-electron chi connectivity index (χ4n) is 3.17. The number of rotatable bonds is 5. The number of nitrogens with one attached hydrogen (secondary N) is 2. The molecule has 1 aliphatic heterocycles. The van der Waals surface area contributed by atoms with E-state index in [4.69, 9.17) is 0 Å². The van der Waals surface area contributed by atoms with Crippen molar-refractivity contribution in [2.75, 3.05) is 37.8 Å². The molecule has 0 spiro atoms. The lowest BCUT2D eigenvalue weighted by Crippen LogP contribution is -2.23. The monoisotopic (exact) mass is 377 g/mol. The van der Waals surface area contributed by atoms with E-state index in [2.05, 4.69) is 62.9 Å². The Labute approximate surface area is 163 Å². The fourth-order valence-corrected chi connectivity index (χ4v) is 3.88. The lowest BCUT2D eigenvalue weighted by molar-refractivity contribution is 0.361. The highest BCUT2D eigenvalue weighted by Gasteiger charge is 2.09. The van der Waals surface area contributed by atoms with Crippen LogP contribution in [0.5, 0.6) is 0 Å². The number of thiazole rings is 1. The SMILES string of the molecule is CNc1nccc(Nc2ccc3ncsc3c2)c1/C=C/C1=CCN(C)CC1. The zero-order valence-electron chi connectivity index (χ0n) is 15.6. The number of nitrogens with zero attached hydrogens (tertiary/aromatic N) is 3. The molecule has 0 unspecified atom stereocenters. The van der Waals surface area contributed by atoms with Gasteiger partial charge in [0.1, 0.15) is 5.82 Å². The minimum Gasteiger partial charge on any atom is -0.373 e. The molecule has 5 nitrogen and oxygen atoms in total. The molecule has 3 heterocycles. The van der Waals surface area contributed by atoms with Gasteiger partial charge in [-0.05, 0) is 49.4 Å². The summed E-state index contributed by atoms with van der Waals surface area (Å²) in [5.41, 5.74) is 7.42. The highest BCUT2D eigenvalue weighted by atomic mass is 32.1. The third kappa shape index (κ3) is 4.02. The molecule has 0 amide bonds. The molecule has 0 bridgehead atoms. The lowest BCUT2D eigenvalue weighted by Gasteiger charge is -2.20. The van der Waals surface area contributed by atoms with E-state index in [0.29, 0.717) is 0 Å². The van der Waals surface area contributed by atoms with E-state index >= 15 is 0 Å². The number of likely N-dealkylation sites (N-methyl/N-ethyl adjacent to an activating group) is 1. The molecule has 4 rings (SSSR count). The van der Waals surface area contributed by atoms with Crippen molar-refractivity contribution < 1.29 is 0 Å². The molecule has 27 heavy (non-hydrogen) atoms. The summed E-state index contributed by atoms with van der Waals surface area (Å²) in [6, 6.07) is 8.27. The van der Waals surface area contributed by atoms with Gasteiger partial charge in [0, 0.05) is 37.6 Å². The van der Waals surface area contributed by atoms with E-state index in [1.54, 1.807) is 11.3 Å². The standard InChI is InChI=1S/C21H23N5S/c1-22-21-17(5-3-15-8-11-26(2)12-9-15)18(7-10-23-21)25-16-4-6-19-20(13-16)27-14-24-19/h3-8,10,13-14H,9,11-12H2,1-2H3,(H2,22,23,25)/b5-3+. The molecule has 0 radical (unpaired) electrons. The molecule has 0 saturated heterocycles. The molecule has 0 atom stereocenters. The molecule has 138 valence electrons. The minimum atomic E-state index is 0.864. The van der Waals surface area contributed by atoms with Gasteiger partial charge in [-0.1, -0.05) is 12.2 Å². The first-order valence-corrected chi connectivity index (χ1v) is 9.93. The van der Waals surface area contributed by atoms with Gasteiger partial charge in [-0.2, -0.15) is 0 Å². The summed E-state index contributed by atoms with van der Waals surface area (Å²) in [6.45, 7) is 2.10. The van der Waals surface area contributed by atoms with Gasteiger partial charge in [0.25, 0.3) is 0 Å². The van der Waals surface area contributed by atoms with Crippen LogP contribution in [0.25, 0.3) is 16.3 Å². The van der Waals surface area contributed by atoms with E-state index in [9.17, 15) is 0 Å². The maximum absolute atomic E-state index is 4.48. The Morgan fingerprint density at radius 3 is 2.93 bits per heavy atom. The molecule has 0 saturated carbocycles. The first-order valence-electron chi connectivity index (χ1n) is 9.05. The summed E-state index contributed by atoms with van der Waals surface area (Å²) in [5.74, 6) is 0.864. The van der Waals surface area contributed by atoms with Gasteiger partial charge in [0.15, 0.2) is 0 Å². The first-order chi connectivity index (χ1) is 13.2. The van der Waals surface area contributed by atoms with Crippen molar-refractivity contribution >= 4 is 44.8 Å². The van der Waals surface area contributed by atoms with Crippen LogP contribution in [0.3, 0.4) is 0 Å². The van der Waals surface area contributed by atoms with E-state index in [1.165, 1.54) is 10.3 Å². The Kier molecular flexibility index (Phi) is 5.18. The van der Waals surface area contributed by atoms with E-state index in [1.807, 2.05) is 30.9 Å². The summed E-state index contributed by atoms with van der Waals surface area (Å²) < 4.78 is 1.18. The zero-order valence-corrected chi connectivity index (χ0v) is 16.4. The molecule has 6 heteroatoms. The Hall–Kier alpha value is -2.70. The number of fused-ring (bicyclic) bond motifs is 1. The van der Waals surface area contributed by atoms with E-state index in [-0.39, 0.29) is 0 Å². The van der Waals surface area contributed by atoms with Gasteiger partial charge < -0.3 is 15.5 Å². The van der Waals surface area contributed by atoms with Gasteiger partial charge >= 0.3 is 0 Å². The van der Waals surface area contributed by atoms with Gasteiger partial charge in [-0.3, -0.25) is 0 Å². The molecule has 2 N–H and O–H groups in total. The van der Waals surface area contributed by atoms with Gasteiger partial charge in [-0.15, -0.1) is 11.3 Å². The normalized spacial score (nSPS) is 15.3. The van der Waals surface area contributed by atoms with Crippen molar-refractivity contribution in [3.63, 3.8) is 0 Å². The molecule has 1 aromatic carbocycles. The smallest absolute Gasteiger partial charge is 0.135 e. The third-order valence-corrected chi connectivity index (χ3v) is 5.54. The third-order valence-electron chi connectivity index (χ3n) is 4.75. The average Bonchev–Trinajstić information content (AvgIpc) is 3.16. The molecule has 1 aliphatic rings. The summed E-state index contributed by atoms with van der Waals surface area (Å²) in [6.07, 6.45) is 9.56. The van der Waals surface area contributed by atoms with Gasteiger partial charge in [0.05, 0.1) is 21.4 Å². The molecule has 2 aromatic heterocycles. The largest absolute Gasteiger partial charge is 0.373 e. The maximum atomic E-state index is 4.48. The Bertz CT molecular complexity index is 1000. The van der Waals surface area contributed by atoms with Crippen LogP contribution in [-0.2, 0) is 0 Å². The quantitative estimate of drug-likeness (QED) is 0.672. The van der Waals surface area contributed by atoms with E-state index in [0.717, 1.165) is 47.8 Å². The molecular weight excluding hydrogens is 354 g/mol. The highest BCUT2D eigenvalue weighted by molar-refractivity contribution is 7.16. The van der Waals surface area contributed by atoms with Crippen molar-refractivity contribution in [3.8, 4) is 0 Å². The van der Waals surface area contributed by atoms with Crippen molar-refractivity contribution in [3.05, 3.63) is 59.3 Å². The number of hydrogen-bond acceptors (Lipinski definition) is 6. The molecule has 3 aromatic rings. The van der Waals surface area contributed by atoms with Crippen LogP contribution < -0.4 is 10.6 Å². The van der Waals surface area contributed by atoms with Crippen molar-refractivity contribution in [1.82, 2.24) is 14.9 Å². The van der Waals surface area contributed by atoms with Crippen molar-refractivity contribution in [1.29, 1.82) is 0 Å². The average molecular weight is 378 g/mol. The van der Waals surface area contributed by atoms with Crippen LogP contribution in [0.15, 0.2) is 53.7 Å². The number of allylic oxidation sites excluding steroid dienone is 1. The number of benzene rings is 1. The summed E-state index contributed by atoms with van der Waals surface area (Å²) in [4.78, 5) is 11.1. The lowest BCUT2D eigenvalue weighted by atomic mass is 10.1. The Balaban J connectivity index is 1.64. The van der Waals surface area contributed by atoms with Crippen LogP contribution in [0.2, 0.25) is 0 Å². The van der Waals surface area contributed by atoms with Gasteiger partial charge in [0.2, 0.25) is 0 Å². The van der Waals surface area contributed by atoms with Crippen LogP contribution in [0.1, 0.15) is 12.0 Å². The minimum absolute atomic E-state index is 0.864. The topological polar surface area (TPSA) is 53.1 Å². The van der Waals surface area contributed by atoms with Crippen LogP contribution in [0, 0.1) is 0 Å². The zero-order chi connectivity index (χ0) is 18.6. The molecule has 0 fully saturated rings. The molecular formula is C21H23N5S. The molecule has 0 aliphatic carbocycles. The second kappa shape index (κ2) is 7.90. The van der Waals surface area contributed by atoms with Crippen molar-refractivity contribution in [2.45, 2.75) is 6.42 Å². The second-order valence-corrected chi connectivity index (χ2v) is 7.54. The Morgan fingerprint density at radius 1 is 1.19 bits per heavy atom. The Morgan fingerprint density at radius 2 is 2.11 bits per heavy atom. The predicted molar refractivity (Wildman–Crippen MR) is 116 cm³/mol. The fraction of sp³-hybridized carbons (Fsp3) is 0.238. The number of anilines is 3. The van der Waals surface area contributed by atoms with Gasteiger partial charge in [-0.25, -0.2) is 9.97 Å². The number of aromatic nitrogens is 2. The summed E-state index contributed by atoms with van der Waals surface area (Å²) in [5, 5.41) is 6.75. The van der Waals surface area contributed by atoms with Crippen LogP contribution in [-0.4, -0.2) is 42.1 Å². The summed E-state index contributed by atoms with van der Waals surface area (Å²) in [7, 11) is 4.06. The highest BCUT2D eigenvalue weighted by Crippen LogP contribution is 2.29. The predicted octanol–water partition coefficient (Wildman–Crippen LogP) is 4.75.